The molecule has 0 amide bonds. The number of alkyl halides is 4. The van der Waals surface area contributed by atoms with Gasteiger partial charge in [-0.05, 0) is 35.7 Å². The fraction of sp³-hybridized carbons (Fsp3) is 0.444. The van der Waals surface area contributed by atoms with Crippen LogP contribution in [0.1, 0.15) is 28.9 Å². The lowest BCUT2D eigenvalue weighted by molar-refractivity contribution is -0.136. The number of aromatic nitrogens is 5. The number of rotatable bonds is 7. The van der Waals surface area contributed by atoms with Gasteiger partial charge in [0.1, 0.15) is 24.1 Å². The quantitative estimate of drug-likeness (QED) is 0.323. The van der Waals surface area contributed by atoms with Crippen LogP contribution in [0.25, 0.3) is 11.2 Å². The van der Waals surface area contributed by atoms with Gasteiger partial charge in [0.15, 0.2) is 0 Å². The van der Waals surface area contributed by atoms with Crippen molar-refractivity contribution in [2.24, 2.45) is 7.05 Å². The minimum absolute atomic E-state index is 0.116. The minimum Gasteiger partial charge on any atom is -0.497 e. The number of pyridine rings is 1. The maximum absolute atomic E-state index is 14.2. The molecule has 2 aliphatic heterocycles. The van der Waals surface area contributed by atoms with Crippen molar-refractivity contribution in [3.05, 3.63) is 76.0 Å². The van der Waals surface area contributed by atoms with Gasteiger partial charge in [-0.25, -0.2) is 9.18 Å². The average Bonchev–Trinajstić information content (AvgIpc) is 3.59. The van der Waals surface area contributed by atoms with Gasteiger partial charge < -0.3 is 14.0 Å². The molecule has 212 valence electrons. The molecule has 0 bridgehead atoms. The van der Waals surface area contributed by atoms with E-state index in [-0.39, 0.29) is 24.2 Å². The Morgan fingerprint density at radius 1 is 1.18 bits per heavy atom. The highest BCUT2D eigenvalue weighted by molar-refractivity contribution is 5.58. The Hall–Kier alpha value is -3.71. The molecule has 2 fully saturated rings. The third-order valence-electron chi connectivity index (χ3n) is 7.83. The Bertz CT molecular complexity index is 1620. The summed E-state index contributed by atoms with van der Waals surface area (Å²) in [6.45, 7) is 1.52. The number of fused-ring (bicyclic) bond motifs is 1. The zero-order valence-electron chi connectivity index (χ0n) is 22.0. The van der Waals surface area contributed by atoms with E-state index in [9.17, 15) is 22.4 Å². The summed E-state index contributed by atoms with van der Waals surface area (Å²) in [5, 5.41) is 8.14. The Kier molecular flexibility index (Phi) is 6.45. The van der Waals surface area contributed by atoms with Crippen LogP contribution in [0.15, 0.2) is 47.8 Å². The van der Waals surface area contributed by atoms with Crippen molar-refractivity contribution in [1.29, 1.82) is 0 Å². The predicted octanol–water partition coefficient (Wildman–Crippen LogP) is 3.30. The van der Waals surface area contributed by atoms with Crippen molar-refractivity contribution < 1.29 is 27.0 Å². The van der Waals surface area contributed by atoms with Crippen LogP contribution in [-0.4, -0.2) is 68.2 Å². The standard InChI is InChI=1S/C27H28F4N6O3/c1-34-16-32-33-24(34)9-26(14-40-15-26)18-6-20(8-21(7-18)39-2)36-13-23-22(27(29,30)31)5-17(11-37(23)25(36)38)10-35-4-3-19(28)12-35/h5-8,11,13,16,19H,3-4,9-10,12,14-15H2,1-2H3/t19-/m0/s1. The van der Waals surface area contributed by atoms with Crippen LogP contribution in [0.5, 0.6) is 5.75 Å². The molecular formula is C27H28F4N6O3. The maximum atomic E-state index is 14.2. The molecule has 2 saturated heterocycles. The van der Waals surface area contributed by atoms with Crippen molar-refractivity contribution >= 4 is 5.52 Å². The Balaban J connectivity index is 1.45. The van der Waals surface area contributed by atoms with Crippen LogP contribution in [0.3, 0.4) is 0 Å². The summed E-state index contributed by atoms with van der Waals surface area (Å²) >= 11 is 0. The fourth-order valence-corrected chi connectivity index (χ4v) is 5.57. The summed E-state index contributed by atoms with van der Waals surface area (Å²) in [4.78, 5) is 15.3. The molecular weight excluding hydrogens is 532 g/mol. The van der Waals surface area contributed by atoms with Crippen molar-refractivity contribution in [1.82, 2.24) is 28.6 Å². The van der Waals surface area contributed by atoms with Crippen LogP contribution in [-0.2, 0) is 36.3 Å². The number of likely N-dealkylation sites (tertiary alicyclic amines) is 1. The van der Waals surface area contributed by atoms with Gasteiger partial charge in [-0.2, -0.15) is 13.2 Å². The Labute approximate surface area is 226 Å². The van der Waals surface area contributed by atoms with Gasteiger partial charge in [0.2, 0.25) is 0 Å². The lowest BCUT2D eigenvalue weighted by atomic mass is 9.75. The van der Waals surface area contributed by atoms with E-state index in [1.807, 2.05) is 17.7 Å². The number of aryl methyl sites for hydroxylation is 1. The predicted molar refractivity (Wildman–Crippen MR) is 137 cm³/mol. The number of hydrogen-bond acceptors (Lipinski definition) is 6. The molecule has 9 nitrogen and oxygen atoms in total. The fourth-order valence-electron chi connectivity index (χ4n) is 5.57. The first-order chi connectivity index (χ1) is 19.1. The van der Waals surface area contributed by atoms with Gasteiger partial charge in [0.25, 0.3) is 0 Å². The SMILES string of the molecule is COc1cc(-n2cc3c(C(F)(F)F)cc(CN4CC[C@H](F)C4)cn3c2=O)cc(C2(Cc3nncn3C)COC2)c1. The average molecular weight is 561 g/mol. The molecule has 0 N–H and O–H groups in total. The number of hydrogen-bond donors (Lipinski definition) is 0. The first-order valence-corrected chi connectivity index (χ1v) is 12.9. The maximum Gasteiger partial charge on any atom is 0.418 e. The first kappa shape index (κ1) is 26.5. The Morgan fingerprint density at radius 3 is 2.58 bits per heavy atom. The molecule has 1 aromatic carbocycles. The van der Waals surface area contributed by atoms with E-state index in [1.54, 1.807) is 23.4 Å². The first-order valence-electron chi connectivity index (χ1n) is 12.9. The minimum atomic E-state index is -4.70. The second kappa shape index (κ2) is 9.73. The molecule has 0 spiro atoms. The normalized spacial score (nSPS) is 19.3. The second-order valence-electron chi connectivity index (χ2n) is 10.6. The molecule has 0 aliphatic carbocycles. The molecule has 4 aromatic rings. The lowest BCUT2D eigenvalue weighted by Gasteiger charge is -2.42. The number of benzene rings is 1. The zero-order valence-corrected chi connectivity index (χ0v) is 22.0. The number of nitrogens with zero attached hydrogens (tertiary/aromatic N) is 6. The summed E-state index contributed by atoms with van der Waals surface area (Å²) in [6.07, 6.45) is -0.630. The second-order valence-corrected chi connectivity index (χ2v) is 10.6. The van der Waals surface area contributed by atoms with Crippen molar-refractivity contribution in [2.75, 3.05) is 33.4 Å². The zero-order chi connectivity index (χ0) is 28.2. The molecule has 0 unspecified atom stereocenters. The van der Waals surface area contributed by atoms with Crippen LogP contribution < -0.4 is 10.4 Å². The molecule has 0 radical (unpaired) electrons. The van der Waals surface area contributed by atoms with E-state index in [0.29, 0.717) is 44.0 Å². The molecule has 6 rings (SSSR count). The highest BCUT2D eigenvalue weighted by atomic mass is 19.4. The van der Waals surface area contributed by atoms with Gasteiger partial charge in [-0.3, -0.25) is 13.9 Å². The van der Waals surface area contributed by atoms with E-state index in [0.717, 1.165) is 21.9 Å². The Morgan fingerprint density at radius 2 is 1.98 bits per heavy atom. The molecule has 40 heavy (non-hydrogen) atoms. The lowest BCUT2D eigenvalue weighted by Crippen LogP contribution is -2.49. The molecule has 1 atom stereocenters. The third kappa shape index (κ3) is 4.66. The van der Waals surface area contributed by atoms with Crippen molar-refractivity contribution in [3.8, 4) is 11.4 Å². The smallest absolute Gasteiger partial charge is 0.418 e. The molecule has 5 heterocycles. The van der Waals surface area contributed by atoms with Crippen LogP contribution in [0.4, 0.5) is 17.6 Å². The van der Waals surface area contributed by atoms with Gasteiger partial charge in [-0.1, -0.05) is 0 Å². The topological polar surface area (TPSA) is 78.8 Å². The van der Waals surface area contributed by atoms with E-state index in [2.05, 4.69) is 10.2 Å². The van der Waals surface area contributed by atoms with E-state index in [4.69, 9.17) is 9.47 Å². The van der Waals surface area contributed by atoms with E-state index >= 15 is 0 Å². The van der Waals surface area contributed by atoms with Gasteiger partial charge >= 0.3 is 11.9 Å². The molecule has 2 aliphatic rings. The summed E-state index contributed by atoms with van der Waals surface area (Å²) in [6, 6.07) is 6.28. The van der Waals surface area contributed by atoms with Gasteiger partial charge in [0.05, 0.1) is 37.1 Å². The van der Waals surface area contributed by atoms with Crippen LogP contribution in [0, 0.1) is 0 Å². The summed E-state index contributed by atoms with van der Waals surface area (Å²) in [5.74, 6) is 1.20. The summed E-state index contributed by atoms with van der Waals surface area (Å²) in [5.41, 5.74) is -0.858. The van der Waals surface area contributed by atoms with E-state index < -0.39 is 29.0 Å². The molecule has 3 aromatic heterocycles. The van der Waals surface area contributed by atoms with Crippen LogP contribution in [0.2, 0.25) is 0 Å². The monoisotopic (exact) mass is 560 g/mol. The van der Waals surface area contributed by atoms with Crippen LogP contribution >= 0.6 is 0 Å². The molecule has 13 heteroatoms. The van der Waals surface area contributed by atoms with Gasteiger partial charge in [-0.15, -0.1) is 10.2 Å². The highest BCUT2D eigenvalue weighted by Crippen LogP contribution is 2.39. The summed E-state index contributed by atoms with van der Waals surface area (Å²) in [7, 11) is 3.33. The van der Waals surface area contributed by atoms with Gasteiger partial charge in [0, 0.05) is 57.0 Å². The highest BCUT2D eigenvalue weighted by Gasteiger charge is 2.42. The third-order valence-corrected chi connectivity index (χ3v) is 7.83. The van der Waals surface area contributed by atoms with Crippen molar-refractivity contribution in [2.45, 2.75) is 37.1 Å². The number of methoxy groups -OCH3 is 1. The number of ether oxygens (including phenoxy) is 2. The number of imidazole rings is 1. The summed E-state index contributed by atoms with van der Waals surface area (Å²) < 4.78 is 71.3. The molecule has 0 saturated carbocycles. The van der Waals surface area contributed by atoms with E-state index in [1.165, 1.54) is 24.1 Å². The largest absolute Gasteiger partial charge is 0.497 e. The number of halogens is 4. The van der Waals surface area contributed by atoms with Crippen molar-refractivity contribution in [3.63, 3.8) is 0 Å².